The first-order chi connectivity index (χ1) is 15.9. The molecule has 0 fully saturated rings. The molecule has 0 unspecified atom stereocenters. The van der Waals surface area contributed by atoms with Crippen molar-refractivity contribution in [2.45, 2.75) is 25.3 Å². The number of nitrogens with one attached hydrogen (secondary N) is 2. The Labute approximate surface area is 191 Å². The van der Waals surface area contributed by atoms with Crippen molar-refractivity contribution in [2.24, 2.45) is 0 Å². The fraction of sp³-hybridized carbons (Fsp3) is 0.192. The second kappa shape index (κ2) is 9.56. The van der Waals surface area contributed by atoms with Gasteiger partial charge in [0.25, 0.3) is 0 Å². The molecule has 7 nitrogen and oxygen atoms in total. The number of hydrogen-bond acceptors (Lipinski definition) is 4. The summed E-state index contributed by atoms with van der Waals surface area (Å²) in [6.07, 6.45) is -0.695. The quantitative estimate of drug-likeness (QED) is 0.507. The van der Waals surface area contributed by atoms with Gasteiger partial charge < -0.3 is 20.5 Å². The highest BCUT2D eigenvalue weighted by Crippen LogP contribution is 2.44. The summed E-state index contributed by atoms with van der Waals surface area (Å²) < 4.78 is 5.46. The van der Waals surface area contributed by atoms with Crippen LogP contribution >= 0.6 is 0 Å². The Hall–Kier alpha value is -4.13. The molecule has 0 heterocycles. The average molecular weight is 444 g/mol. The Balaban J connectivity index is 1.39. The molecule has 168 valence electrons. The van der Waals surface area contributed by atoms with Crippen LogP contribution in [0.4, 0.5) is 10.5 Å². The van der Waals surface area contributed by atoms with E-state index < -0.39 is 18.1 Å². The predicted octanol–water partition coefficient (Wildman–Crippen LogP) is 4.18. The van der Waals surface area contributed by atoms with Gasteiger partial charge in [-0.3, -0.25) is 4.79 Å². The van der Waals surface area contributed by atoms with Gasteiger partial charge in [-0.25, -0.2) is 9.59 Å². The number of carbonyl (C=O) groups excluding carboxylic acids is 2. The van der Waals surface area contributed by atoms with Crippen molar-refractivity contribution in [1.82, 2.24) is 5.32 Å². The second-order valence-corrected chi connectivity index (χ2v) is 7.94. The van der Waals surface area contributed by atoms with Crippen molar-refractivity contribution in [2.75, 3.05) is 11.9 Å². The lowest BCUT2D eigenvalue weighted by atomic mass is 9.98. The van der Waals surface area contributed by atoms with E-state index in [-0.39, 0.29) is 24.9 Å². The maximum absolute atomic E-state index is 12.5. The van der Waals surface area contributed by atoms with E-state index in [9.17, 15) is 19.5 Å². The van der Waals surface area contributed by atoms with Crippen LogP contribution in [0.1, 0.15) is 29.5 Å². The molecule has 0 bridgehead atoms. The minimum Gasteiger partial charge on any atom is -0.480 e. The number of hydrogen-bond donors (Lipinski definition) is 3. The fourth-order valence-electron chi connectivity index (χ4n) is 4.15. The molecule has 0 radical (unpaired) electrons. The number of carboxylic acid groups (broad SMARTS) is 1. The number of benzene rings is 3. The lowest BCUT2D eigenvalue weighted by Gasteiger charge is -2.17. The van der Waals surface area contributed by atoms with Gasteiger partial charge in [-0.05, 0) is 39.9 Å². The van der Waals surface area contributed by atoms with Crippen LogP contribution < -0.4 is 10.6 Å². The number of carbonyl (C=O) groups is 3. The highest BCUT2D eigenvalue weighted by Gasteiger charge is 2.29. The largest absolute Gasteiger partial charge is 0.480 e. The van der Waals surface area contributed by atoms with E-state index in [1.807, 2.05) is 48.5 Å². The molecule has 33 heavy (non-hydrogen) atoms. The van der Waals surface area contributed by atoms with Crippen molar-refractivity contribution in [3.63, 3.8) is 0 Å². The molecule has 4 rings (SSSR count). The third-order valence-electron chi connectivity index (χ3n) is 5.65. The fourth-order valence-corrected chi connectivity index (χ4v) is 4.15. The van der Waals surface area contributed by atoms with E-state index in [1.54, 1.807) is 24.3 Å². The van der Waals surface area contributed by atoms with E-state index >= 15 is 0 Å². The molecule has 7 heteroatoms. The van der Waals surface area contributed by atoms with Crippen LogP contribution in [0.3, 0.4) is 0 Å². The van der Waals surface area contributed by atoms with Crippen molar-refractivity contribution >= 4 is 23.7 Å². The van der Waals surface area contributed by atoms with Gasteiger partial charge in [0.05, 0.1) is 0 Å². The number of carboxylic acids is 1. The SMILES string of the molecule is CC(=O)Nc1ccc(C[C@@H](NC(=O)OCC2c3ccccc3-c3ccccc32)C(=O)O)cc1. The summed E-state index contributed by atoms with van der Waals surface area (Å²) in [4.78, 5) is 35.3. The van der Waals surface area contributed by atoms with E-state index in [0.29, 0.717) is 11.3 Å². The Morgan fingerprint density at radius 3 is 2.03 bits per heavy atom. The monoisotopic (exact) mass is 444 g/mol. The number of aliphatic carboxylic acids is 1. The molecule has 1 atom stereocenters. The van der Waals surface area contributed by atoms with Crippen molar-refractivity contribution < 1.29 is 24.2 Å². The van der Waals surface area contributed by atoms with Gasteiger partial charge in [0.2, 0.25) is 5.91 Å². The molecular formula is C26H24N2O5. The minimum absolute atomic E-state index is 0.0832. The normalized spacial score (nSPS) is 12.9. The lowest BCUT2D eigenvalue weighted by molar-refractivity contribution is -0.139. The summed E-state index contributed by atoms with van der Waals surface area (Å²) in [5, 5.41) is 14.7. The Bertz CT molecular complexity index is 1140. The maximum Gasteiger partial charge on any atom is 0.407 e. The van der Waals surface area contributed by atoms with Crippen LogP contribution in [0.2, 0.25) is 0 Å². The molecule has 1 aliphatic carbocycles. The van der Waals surface area contributed by atoms with Gasteiger partial charge >= 0.3 is 12.1 Å². The first-order valence-corrected chi connectivity index (χ1v) is 10.6. The Morgan fingerprint density at radius 2 is 1.48 bits per heavy atom. The van der Waals surface area contributed by atoms with Gasteiger partial charge in [-0.15, -0.1) is 0 Å². The van der Waals surface area contributed by atoms with Crippen LogP contribution in [0, 0.1) is 0 Å². The van der Waals surface area contributed by atoms with Gasteiger partial charge in [0, 0.05) is 24.9 Å². The zero-order valence-electron chi connectivity index (χ0n) is 18.1. The number of amides is 2. The lowest BCUT2D eigenvalue weighted by Crippen LogP contribution is -2.42. The van der Waals surface area contributed by atoms with Crippen LogP contribution in [-0.2, 0) is 20.7 Å². The predicted molar refractivity (Wildman–Crippen MR) is 124 cm³/mol. The number of anilines is 1. The number of fused-ring (bicyclic) bond motifs is 3. The van der Waals surface area contributed by atoms with Crippen molar-refractivity contribution in [3.05, 3.63) is 89.5 Å². The standard InChI is InChI=1S/C26H24N2O5/c1-16(29)27-18-12-10-17(11-13-18)14-24(25(30)31)28-26(32)33-15-23-21-8-4-2-6-19(21)20-7-3-5-9-22(20)23/h2-13,23-24H,14-15H2,1H3,(H,27,29)(H,28,32)(H,30,31)/t24-/m1/s1. The Kier molecular flexibility index (Phi) is 6.40. The van der Waals surface area contributed by atoms with E-state index in [1.165, 1.54) is 6.92 Å². The summed E-state index contributed by atoms with van der Waals surface area (Å²) in [6.45, 7) is 1.52. The minimum atomic E-state index is -1.16. The summed E-state index contributed by atoms with van der Waals surface area (Å²) in [5.41, 5.74) is 5.72. The molecule has 3 N–H and O–H groups in total. The third-order valence-corrected chi connectivity index (χ3v) is 5.65. The van der Waals surface area contributed by atoms with Crippen molar-refractivity contribution in [3.8, 4) is 11.1 Å². The van der Waals surface area contributed by atoms with Crippen LogP contribution in [0.5, 0.6) is 0 Å². The van der Waals surface area contributed by atoms with Crippen molar-refractivity contribution in [1.29, 1.82) is 0 Å². The number of ether oxygens (including phenoxy) is 1. The molecule has 0 saturated carbocycles. The highest BCUT2D eigenvalue weighted by molar-refractivity contribution is 5.88. The first kappa shape index (κ1) is 22.1. The second-order valence-electron chi connectivity index (χ2n) is 7.94. The smallest absolute Gasteiger partial charge is 0.407 e. The summed E-state index contributed by atoms with van der Waals surface area (Å²) in [6, 6.07) is 21.6. The molecule has 0 saturated heterocycles. The van der Waals surface area contributed by atoms with E-state index in [4.69, 9.17) is 4.74 Å². The molecule has 1 aliphatic rings. The molecule has 0 aliphatic heterocycles. The molecule has 2 amide bonds. The summed E-state index contributed by atoms with van der Waals surface area (Å²) in [7, 11) is 0. The number of alkyl carbamates (subject to hydrolysis) is 1. The highest BCUT2D eigenvalue weighted by atomic mass is 16.5. The summed E-state index contributed by atoms with van der Waals surface area (Å²) in [5.74, 6) is -1.45. The Morgan fingerprint density at radius 1 is 0.909 bits per heavy atom. The van der Waals surface area contributed by atoms with Gasteiger partial charge in [-0.2, -0.15) is 0 Å². The first-order valence-electron chi connectivity index (χ1n) is 10.6. The van der Waals surface area contributed by atoms with Crippen LogP contribution in [-0.4, -0.2) is 35.7 Å². The molecule has 3 aromatic carbocycles. The van der Waals surface area contributed by atoms with Gasteiger partial charge in [0.15, 0.2) is 0 Å². The molecule has 3 aromatic rings. The maximum atomic E-state index is 12.5. The van der Waals surface area contributed by atoms with Gasteiger partial charge in [0.1, 0.15) is 12.6 Å². The zero-order valence-corrected chi connectivity index (χ0v) is 18.1. The third kappa shape index (κ3) is 5.03. The molecule has 0 spiro atoms. The van der Waals surface area contributed by atoms with E-state index in [2.05, 4.69) is 10.6 Å². The van der Waals surface area contributed by atoms with Crippen LogP contribution in [0.25, 0.3) is 11.1 Å². The average Bonchev–Trinajstić information content (AvgIpc) is 3.12. The van der Waals surface area contributed by atoms with Gasteiger partial charge in [-0.1, -0.05) is 60.7 Å². The zero-order chi connectivity index (χ0) is 23.4. The molecule has 0 aromatic heterocycles. The van der Waals surface area contributed by atoms with Crippen LogP contribution in [0.15, 0.2) is 72.8 Å². The topological polar surface area (TPSA) is 105 Å². The molecular weight excluding hydrogens is 420 g/mol. The summed E-state index contributed by atoms with van der Waals surface area (Å²) >= 11 is 0. The number of rotatable bonds is 7. The van der Waals surface area contributed by atoms with E-state index in [0.717, 1.165) is 22.3 Å².